The first-order chi connectivity index (χ1) is 26.2. The highest BCUT2D eigenvalue weighted by Gasteiger charge is 2.30. The number of hydrogen-bond donors (Lipinski definition) is 0. The van der Waals surface area contributed by atoms with E-state index in [0.717, 1.165) is 112 Å². The van der Waals surface area contributed by atoms with Crippen molar-refractivity contribution in [1.29, 1.82) is 0 Å². The molecule has 0 bridgehead atoms. The molecule has 0 fully saturated rings. The fourth-order valence-electron chi connectivity index (χ4n) is 9.63. The van der Waals surface area contributed by atoms with Gasteiger partial charge in [-0.2, -0.15) is 0 Å². The first-order valence-electron chi connectivity index (χ1n) is 21.4. The molecule has 5 aromatic rings. The first kappa shape index (κ1) is 41.2. The predicted molar refractivity (Wildman–Crippen MR) is 231 cm³/mol. The average Bonchev–Trinajstić information content (AvgIpc) is 3.17. The van der Waals surface area contributed by atoms with Crippen molar-refractivity contribution < 1.29 is 19.1 Å². The van der Waals surface area contributed by atoms with Crippen LogP contribution in [0.1, 0.15) is 172 Å². The van der Waals surface area contributed by atoms with Gasteiger partial charge in [0.2, 0.25) is 0 Å². The molecule has 54 heavy (non-hydrogen) atoms. The maximum Gasteiger partial charge on any atom is 0.339 e. The van der Waals surface area contributed by atoms with Crippen molar-refractivity contribution in [2.45, 2.75) is 158 Å². The highest BCUT2D eigenvalue weighted by atomic mass is 16.5. The molecule has 0 unspecified atom stereocenters. The van der Waals surface area contributed by atoms with E-state index in [-0.39, 0.29) is 0 Å². The second-order valence-corrected chi connectivity index (χ2v) is 15.4. The molecule has 0 atom stereocenters. The van der Waals surface area contributed by atoms with Gasteiger partial charge in [-0.15, -0.1) is 0 Å². The number of esters is 2. The van der Waals surface area contributed by atoms with Crippen LogP contribution in [0.25, 0.3) is 43.1 Å². The lowest BCUT2D eigenvalue weighted by atomic mass is 9.79. The van der Waals surface area contributed by atoms with E-state index < -0.39 is 11.9 Å². The molecule has 0 aliphatic heterocycles. The summed E-state index contributed by atoms with van der Waals surface area (Å²) in [5.41, 5.74) is 11.7. The van der Waals surface area contributed by atoms with Crippen LogP contribution in [-0.4, -0.2) is 26.2 Å². The first-order valence-corrected chi connectivity index (χ1v) is 21.4. The van der Waals surface area contributed by atoms with Crippen molar-refractivity contribution in [2.24, 2.45) is 0 Å². The zero-order valence-electron chi connectivity index (χ0n) is 35.3. The summed E-state index contributed by atoms with van der Waals surface area (Å²) in [5.74, 6) is -0.944. The molecular formula is C50H66O4. The van der Waals surface area contributed by atoms with E-state index in [2.05, 4.69) is 79.7 Å². The lowest BCUT2D eigenvalue weighted by molar-refractivity contribution is 0.0553. The third-order valence-corrected chi connectivity index (χ3v) is 11.6. The van der Waals surface area contributed by atoms with Crippen molar-refractivity contribution in [3.05, 3.63) is 79.9 Å². The summed E-state index contributed by atoms with van der Waals surface area (Å²) in [7, 11) is 2.82. The Hall–Kier alpha value is -3.92. The van der Waals surface area contributed by atoms with Crippen LogP contribution in [-0.2, 0) is 60.8 Å². The minimum Gasteiger partial charge on any atom is -0.465 e. The Morgan fingerprint density at radius 1 is 0.333 bits per heavy atom. The van der Waals surface area contributed by atoms with Crippen LogP contribution in [0.5, 0.6) is 0 Å². The lowest BCUT2D eigenvalue weighted by Crippen LogP contribution is -2.18. The van der Waals surface area contributed by atoms with E-state index in [1.165, 1.54) is 57.7 Å². The van der Waals surface area contributed by atoms with Gasteiger partial charge >= 0.3 is 11.9 Å². The molecule has 0 amide bonds. The third kappa shape index (κ3) is 7.39. The molecule has 5 rings (SSSR count). The van der Waals surface area contributed by atoms with Crippen molar-refractivity contribution in [3.63, 3.8) is 0 Å². The summed E-state index contributed by atoms with van der Waals surface area (Å²) in [6.07, 6.45) is 16.0. The smallest absolute Gasteiger partial charge is 0.339 e. The van der Waals surface area contributed by atoms with Crippen LogP contribution in [0, 0.1) is 0 Å². The number of carbonyl (C=O) groups is 2. The minimum atomic E-state index is -0.472. The molecule has 4 heteroatoms. The molecule has 290 valence electrons. The SMILES string of the molecule is CCCc1c(CCC)c(CCC)c2cc3c(CCC)c4cc5c(CCC)c(C(=O)OC)c(C(=O)OC)c(CCC)c5cc4c(CCC)c3cc2c1CCC. The molecule has 0 aliphatic rings. The van der Waals surface area contributed by atoms with Crippen molar-refractivity contribution in [1.82, 2.24) is 0 Å². The van der Waals surface area contributed by atoms with Crippen molar-refractivity contribution >= 4 is 55.0 Å². The number of hydrogen-bond acceptors (Lipinski definition) is 4. The largest absolute Gasteiger partial charge is 0.465 e. The normalized spacial score (nSPS) is 11.7. The standard InChI is InChI=1S/C50H66O4/c1-11-19-31-32(20-12-2)34(22-14-4)40-28-42-36(24-16-6)44-30-46-38(26-18-8)48(50(52)54-10)47(49(51)53-9)37(25-17-7)45(46)29-43(44)35(23-15-5)41(42)27-39(40)33(31)21-13-3/h27-30H,11-26H2,1-10H3. The second kappa shape index (κ2) is 18.6. The third-order valence-electron chi connectivity index (χ3n) is 11.6. The molecule has 0 saturated carbocycles. The number of methoxy groups -OCH3 is 2. The van der Waals surface area contributed by atoms with E-state index >= 15 is 0 Å². The van der Waals surface area contributed by atoms with Crippen LogP contribution in [0.2, 0.25) is 0 Å². The Morgan fingerprint density at radius 3 is 0.796 bits per heavy atom. The Labute approximate surface area is 325 Å². The van der Waals surface area contributed by atoms with Crippen LogP contribution < -0.4 is 0 Å². The maximum absolute atomic E-state index is 13.7. The van der Waals surface area contributed by atoms with E-state index in [1.807, 2.05) is 0 Å². The van der Waals surface area contributed by atoms with Gasteiger partial charge in [0.15, 0.2) is 0 Å². The van der Waals surface area contributed by atoms with Gasteiger partial charge in [0.05, 0.1) is 25.3 Å². The van der Waals surface area contributed by atoms with Gasteiger partial charge in [0.1, 0.15) is 0 Å². The zero-order chi connectivity index (χ0) is 39.1. The molecule has 0 aliphatic carbocycles. The summed E-state index contributed by atoms with van der Waals surface area (Å²) >= 11 is 0. The molecular weight excluding hydrogens is 665 g/mol. The number of aryl methyl sites for hydroxylation is 6. The molecule has 0 radical (unpaired) electrons. The zero-order valence-corrected chi connectivity index (χ0v) is 35.3. The Bertz CT molecular complexity index is 2020. The Morgan fingerprint density at radius 2 is 0.537 bits per heavy atom. The van der Waals surface area contributed by atoms with Gasteiger partial charge in [-0.25, -0.2) is 9.59 Å². The highest BCUT2D eigenvalue weighted by molar-refractivity contribution is 6.18. The van der Waals surface area contributed by atoms with E-state index in [1.54, 1.807) is 22.3 Å². The fourth-order valence-corrected chi connectivity index (χ4v) is 9.63. The number of benzene rings is 5. The number of carbonyl (C=O) groups excluding carboxylic acids is 2. The van der Waals surface area contributed by atoms with Gasteiger partial charge < -0.3 is 9.47 Å². The monoisotopic (exact) mass is 730 g/mol. The van der Waals surface area contributed by atoms with Gasteiger partial charge in [-0.05, 0) is 163 Å². The van der Waals surface area contributed by atoms with Crippen LogP contribution in [0.3, 0.4) is 0 Å². The Balaban J connectivity index is 2.13. The van der Waals surface area contributed by atoms with E-state index in [4.69, 9.17) is 9.47 Å². The minimum absolute atomic E-state index is 0.373. The summed E-state index contributed by atoms with van der Waals surface area (Å²) < 4.78 is 10.8. The summed E-state index contributed by atoms with van der Waals surface area (Å²) in [6, 6.07) is 9.98. The molecule has 0 spiro atoms. The fraction of sp³-hybridized carbons (Fsp3) is 0.520. The molecule has 0 N–H and O–H groups in total. The Kier molecular flexibility index (Phi) is 14.2. The van der Waals surface area contributed by atoms with Gasteiger partial charge in [-0.1, -0.05) is 107 Å². The van der Waals surface area contributed by atoms with Gasteiger partial charge in [0.25, 0.3) is 0 Å². The summed E-state index contributed by atoms with van der Waals surface area (Å²) in [6.45, 7) is 18.2. The van der Waals surface area contributed by atoms with Gasteiger partial charge in [0, 0.05) is 0 Å². The molecule has 5 aromatic carbocycles. The maximum atomic E-state index is 13.7. The highest BCUT2D eigenvalue weighted by Crippen LogP contribution is 2.44. The summed E-state index contributed by atoms with van der Waals surface area (Å²) in [4.78, 5) is 27.4. The topological polar surface area (TPSA) is 52.6 Å². The van der Waals surface area contributed by atoms with Crippen molar-refractivity contribution in [2.75, 3.05) is 14.2 Å². The number of ether oxygens (including phenoxy) is 2. The van der Waals surface area contributed by atoms with Crippen LogP contribution in [0.15, 0.2) is 24.3 Å². The van der Waals surface area contributed by atoms with Crippen molar-refractivity contribution in [3.8, 4) is 0 Å². The average molecular weight is 731 g/mol. The van der Waals surface area contributed by atoms with E-state index in [9.17, 15) is 9.59 Å². The predicted octanol–water partition coefficient (Wildman–Crippen LogP) is 13.5. The molecule has 0 heterocycles. The second-order valence-electron chi connectivity index (χ2n) is 15.4. The molecule has 4 nitrogen and oxygen atoms in total. The quantitative estimate of drug-likeness (QED) is 0.0665. The number of fused-ring (bicyclic) bond motifs is 4. The van der Waals surface area contributed by atoms with Crippen LogP contribution >= 0.6 is 0 Å². The van der Waals surface area contributed by atoms with Gasteiger partial charge in [-0.3, -0.25) is 0 Å². The molecule has 0 aromatic heterocycles. The van der Waals surface area contributed by atoms with E-state index in [0.29, 0.717) is 24.0 Å². The summed E-state index contributed by atoms with van der Waals surface area (Å²) in [5, 5.41) is 10.4. The van der Waals surface area contributed by atoms with Crippen LogP contribution in [0.4, 0.5) is 0 Å². The number of rotatable bonds is 18. The molecule has 0 saturated heterocycles. The lowest BCUT2D eigenvalue weighted by Gasteiger charge is -2.25.